The fourth-order valence-corrected chi connectivity index (χ4v) is 2.63. The van der Waals surface area contributed by atoms with Crippen LogP contribution in [0.25, 0.3) is 0 Å². The first-order chi connectivity index (χ1) is 9.06. The Bertz CT molecular complexity index is 569. The number of benzene rings is 1. The van der Waals surface area contributed by atoms with E-state index in [9.17, 15) is 4.79 Å². The van der Waals surface area contributed by atoms with Crippen LogP contribution in [0.5, 0.6) is 0 Å². The van der Waals surface area contributed by atoms with Gasteiger partial charge in [0.1, 0.15) is 0 Å². The summed E-state index contributed by atoms with van der Waals surface area (Å²) in [6.07, 6.45) is 1.16. The van der Waals surface area contributed by atoms with Crippen LogP contribution in [0, 0.1) is 20.8 Å². The molecule has 1 N–H and O–H groups in total. The molecule has 0 spiro atoms. The Morgan fingerprint density at radius 2 is 1.95 bits per heavy atom. The summed E-state index contributed by atoms with van der Waals surface area (Å²) >= 11 is 1.62. The number of thiazole rings is 1. The lowest BCUT2D eigenvalue weighted by Crippen LogP contribution is -2.14. The van der Waals surface area contributed by atoms with Crippen molar-refractivity contribution in [1.82, 2.24) is 4.98 Å². The predicted molar refractivity (Wildman–Crippen MR) is 79.7 cm³/mol. The molecule has 1 aromatic carbocycles. The lowest BCUT2D eigenvalue weighted by Gasteiger charge is -2.11. The third-order valence-corrected chi connectivity index (χ3v) is 3.84. The smallest absolute Gasteiger partial charge is 0.224 e. The molecular formula is C15H18N2OS. The minimum atomic E-state index is 0.0445. The second-order valence-electron chi connectivity index (χ2n) is 4.67. The van der Waals surface area contributed by atoms with E-state index in [0.717, 1.165) is 27.5 Å². The third kappa shape index (κ3) is 3.64. The number of hydrogen-bond acceptors (Lipinski definition) is 3. The van der Waals surface area contributed by atoms with Crippen molar-refractivity contribution in [3.8, 4) is 0 Å². The van der Waals surface area contributed by atoms with Crippen LogP contribution >= 0.6 is 11.3 Å². The highest BCUT2D eigenvalue weighted by molar-refractivity contribution is 7.09. The van der Waals surface area contributed by atoms with Gasteiger partial charge < -0.3 is 5.32 Å². The Morgan fingerprint density at radius 3 is 2.53 bits per heavy atom. The van der Waals surface area contributed by atoms with Crippen molar-refractivity contribution in [3.63, 3.8) is 0 Å². The first-order valence-corrected chi connectivity index (χ1v) is 7.21. The molecule has 1 heterocycles. The monoisotopic (exact) mass is 274 g/mol. The van der Waals surface area contributed by atoms with Crippen LogP contribution in [0.15, 0.2) is 23.6 Å². The van der Waals surface area contributed by atoms with Gasteiger partial charge >= 0.3 is 0 Å². The van der Waals surface area contributed by atoms with Gasteiger partial charge in [-0.1, -0.05) is 18.2 Å². The lowest BCUT2D eigenvalue weighted by atomic mass is 10.1. The molecule has 0 saturated heterocycles. The van der Waals surface area contributed by atoms with E-state index in [-0.39, 0.29) is 5.91 Å². The number of amides is 1. The van der Waals surface area contributed by atoms with Crippen molar-refractivity contribution in [2.24, 2.45) is 0 Å². The van der Waals surface area contributed by atoms with Crippen LogP contribution in [0.3, 0.4) is 0 Å². The highest BCUT2D eigenvalue weighted by Gasteiger charge is 2.08. The molecule has 0 aliphatic rings. The van der Waals surface area contributed by atoms with Crippen molar-refractivity contribution < 1.29 is 4.79 Å². The normalized spacial score (nSPS) is 10.5. The molecule has 19 heavy (non-hydrogen) atoms. The minimum absolute atomic E-state index is 0.0445. The summed E-state index contributed by atoms with van der Waals surface area (Å²) in [7, 11) is 0. The van der Waals surface area contributed by atoms with E-state index in [1.165, 1.54) is 0 Å². The van der Waals surface area contributed by atoms with E-state index >= 15 is 0 Å². The first-order valence-electron chi connectivity index (χ1n) is 6.33. The molecule has 2 rings (SSSR count). The van der Waals surface area contributed by atoms with Gasteiger partial charge in [0.05, 0.1) is 10.7 Å². The Kier molecular flexibility index (Phi) is 4.32. The van der Waals surface area contributed by atoms with Crippen molar-refractivity contribution in [2.75, 3.05) is 5.32 Å². The van der Waals surface area contributed by atoms with E-state index in [2.05, 4.69) is 10.3 Å². The molecular weight excluding hydrogens is 256 g/mol. The molecule has 0 atom stereocenters. The van der Waals surface area contributed by atoms with Crippen LogP contribution in [0.4, 0.5) is 5.69 Å². The maximum atomic E-state index is 12.0. The Morgan fingerprint density at radius 1 is 1.26 bits per heavy atom. The zero-order valence-corrected chi connectivity index (χ0v) is 12.3. The minimum Gasteiger partial charge on any atom is -0.326 e. The van der Waals surface area contributed by atoms with Crippen molar-refractivity contribution in [3.05, 3.63) is 45.4 Å². The Balaban J connectivity index is 1.94. The van der Waals surface area contributed by atoms with Gasteiger partial charge in [-0.05, 0) is 38.3 Å². The Hall–Kier alpha value is -1.68. The number of aryl methyl sites for hydroxylation is 4. The number of para-hydroxylation sites is 1. The average Bonchev–Trinajstić information content (AvgIpc) is 2.77. The van der Waals surface area contributed by atoms with Gasteiger partial charge in [-0.2, -0.15) is 0 Å². The quantitative estimate of drug-likeness (QED) is 0.925. The molecule has 0 fully saturated rings. The maximum absolute atomic E-state index is 12.0. The Labute approximate surface area is 117 Å². The molecule has 0 saturated carbocycles. The predicted octanol–water partition coefficient (Wildman–Crippen LogP) is 3.64. The largest absolute Gasteiger partial charge is 0.326 e. The van der Waals surface area contributed by atoms with Gasteiger partial charge in [0.2, 0.25) is 5.91 Å². The molecule has 0 unspecified atom stereocenters. The van der Waals surface area contributed by atoms with E-state index < -0.39 is 0 Å². The topological polar surface area (TPSA) is 42.0 Å². The number of aromatic nitrogens is 1. The summed E-state index contributed by atoms with van der Waals surface area (Å²) < 4.78 is 0. The van der Waals surface area contributed by atoms with Gasteiger partial charge in [-0.3, -0.25) is 4.79 Å². The summed E-state index contributed by atoms with van der Waals surface area (Å²) in [5.41, 5.74) is 4.12. The van der Waals surface area contributed by atoms with E-state index in [0.29, 0.717) is 12.8 Å². The fraction of sp³-hybridized carbons (Fsp3) is 0.333. The number of nitrogens with zero attached hydrogens (tertiary/aromatic N) is 1. The number of carbonyl (C=O) groups is 1. The molecule has 1 aromatic heterocycles. The van der Waals surface area contributed by atoms with Crippen LogP contribution in [-0.4, -0.2) is 10.9 Å². The number of carbonyl (C=O) groups excluding carboxylic acids is 1. The summed E-state index contributed by atoms with van der Waals surface area (Å²) in [4.78, 5) is 16.3. The summed E-state index contributed by atoms with van der Waals surface area (Å²) in [5.74, 6) is 0.0445. The van der Waals surface area contributed by atoms with Gasteiger partial charge in [0.15, 0.2) is 0 Å². The van der Waals surface area contributed by atoms with Gasteiger partial charge in [0, 0.05) is 17.5 Å². The van der Waals surface area contributed by atoms with E-state index in [4.69, 9.17) is 0 Å². The number of nitrogens with one attached hydrogen (secondary N) is 1. The van der Waals surface area contributed by atoms with E-state index in [1.54, 1.807) is 11.3 Å². The lowest BCUT2D eigenvalue weighted by molar-refractivity contribution is -0.116. The van der Waals surface area contributed by atoms with Gasteiger partial charge in [-0.25, -0.2) is 4.98 Å². The highest BCUT2D eigenvalue weighted by Crippen LogP contribution is 2.19. The van der Waals surface area contributed by atoms with E-state index in [1.807, 2.05) is 44.4 Å². The first kappa shape index (κ1) is 13.7. The van der Waals surface area contributed by atoms with Crippen molar-refractivity contribution in [2.45, 2.75) is 33.6 Å². The zero-order valence-electron chi connectivity index (χ0n) is 11.5. The average molecular weight is 274 g/mol. The van der Waals surface area contributed by atoms with Gasteiger partial charge in [0.25, 0.3) is 0 Å². The molecule has 0 radical (unpaired) electrons. The highest BCUT2D eigenvalue weighted by atomic mass is 32.1. The summed E-state index contributed by atoms with van der Waals surface area (Å²) in [5, 5.41) is 6.05. The second-order valence-corrected chi connectivity index (χ2v) is 5.74. The molecule has 0 aliphatic heterocycles. The molecule has 4 heteroatoms. The van der Waals surface area contributed by atoms with Crippen LogP contribution in [0.1, 0.15) is 28.2 Å². The third-order valence-electron chi connectivity index (χ3n) is 3.02. The maximum Gasteiger partial charge on any atom is 0.224 e. The molecule has 3 nitrogen and oxygen atoms in total. The van der Waals surface area contributed by atoms with Crippen molar-refractivity contribution >= 4 is 22.9 Å². The second kappa shape index (κ2) is 5.97. The standard InChI is InChI=1S/C15H18N2OS/c1-10-5-4-6-11(2)15(10)17-14(18)8-7-13-9-19-12(3)16-13/h4-6,9H,7-8H2,1-3H3,(H,17,18). The number of hydrogen-bond donors (Lipinski definition) is 1. The summed E-state index contributed by atoms with van der Waals surface area (Å²) in [6.45, 7) is 5.99. The number of rotatable bonds is 4. The molecule has 2 aromatic rings. The van der Waals surface area contributed by atoms with Crippen LogP contribution < -0.4 is 5.32 Å². The zero-order chi connectivity index (χ0) is 13.8. The SMILES string of the molecule is Cc1nc(CCC(=O)Nc2c(C)cccc2C)cs1. The van der Waals surface area contributed by atoms with Crippen LogP contribution in [0.2, 0.25) is 0 Å². The van der Waals surface area contributed by atoms with Crippen molar-refractivity contribution in [1.29, 1.82) is 0 Å². The molecule has 0 aliphatic carbocycles. The fourth-order valence-electron chi connectivity index (χ4n) is 1.98. The number of anilines is 1. The molecule has 100 valence electrons. The summed E-state index contributed by atoms with van der Waals surface area (Å²) in [6, 6.07) is 6.01. The van der Waals surface area contributed by atoms with Gasteiger partial charge in [-0.15, -0.1) is 11.3 Å². The molecule has 0 bridgehead atoms. The molecule has 1 amide bonds. The van der Waals surface area contributed by atoms with Crippen LogP contribution in [-0.2, 0) is 11.2 Å².